The van der Waals surface area contributed by atoms with E-state index in [-0.39, 0.29) is 5.92 Å². The van der Waals surface area contributed by atoms with Crippen LogP contribution in [0.3, 0.4) is 0 Å². The van der Waals surface area contributed by atoms with Crippen molar-refractivity contribution >= 4 is 39.2 Å². The van der Waals surface area contributed by atoms with E-state index in [1.165, 1.54) is 0 Å². The van der Waals surface area contributed by atoms with Crippen LogP contribution in [0.25, 0.3) is 0 Å². The van der Waals surface area contributed by atoms with E-state index in [1.807, 2.05) is 0 Å². The van der Waals surface area contributed by atoms with E-state index in [1.54, 1.807) is 18.2 Å². The summed E-state index contributed by atoms with van der Waals surface area (Å²) in [6.07, 6.45) is 1.76. The number of carboxylic acids is 1. The highest BCUT2D eigenvalue weighted by molar-refractivity contribution is 9.10. The van der Waals surface area contributed by atoms with Gasteiger partial charge in [0.1, 0.15) is 6.04 Å². The van der Waals surface area contributed by atoms with E-state index in [0.29, 0.717) is 11.6 Å². The number of ether oxygens (including phenoxy) is 1. The van der Waals surface area contributed by atoms with Crippen molar-refractivity contribution in [1.29, 1.82) is 0 Å². The molecule has 1 aliphatic rings. The van der Waals surface area contributed by atoms with Gasteiger partial charge in [0.15, 0.2) is 0 Å². The summed E-state index contributed by atoms with van der Waals surface area (Å²) < 4.78 is 6.10. The second kappa shape index (κ2) is 6.59. The normalized spacial score (nSPS) is 20.8. The predicted octanol–water partition coefficient (Wildman–Crippen LogP) is 3.39. The number of anilines is 1. The Morgan fingerprint density at radius 3 is 2.95 bits per heavy atom. The first-order valence-corrected chi connectivity index (χ1v) is 7.27. The molecule has 0 radical (unpaired) electrons. The molecule has 1 fully saturated rings. The summed E-state index contributed by atoms with van der Waals surface area (Å²) in [4.78, 5) is 11.4. The number of hydrogen-bond acceptors (Lipinski definition) is 3. The monoisotopic (exact) mass is 347 g/mol. The Bertz CT molecular complexity index is 463. The van der Waals surface area contributed by atoms with E-state index in [9.17, 15) is 9.90 Å². The Labute approximate surface area is 125 Å². The molecule has 19 heavy (non-hydrogen) atoms. The lowest BCUT2D eigenvalue weighted by Gasteiger charge is -2.28. The summed E-state index contributed by atoms with van der Waals surface area (Å²) in [5.41, 5.74) is 0.731. The number of carbonyl (C=O) groups is 1. The minimum Gasteiger partial charge on any atom is -0.480 e. The highest BCUT2D eigenvalue weighted by atomic mass is 79.9. The first-order chi connectivity index (χ1) is 9.08. The van der Waals surface area contributed by atoms with E-state index in [2.05, 4.69) is 21.2 Å². The van der Waals surface area contributed by atoms with Crippen LogP contribution >= 0.6 is 27.5 Å². The van der Waals surface area contributed by atoms with Crippen LogP contribution in [0.5, 0.6) is 0 Å². The van der Waals surface area contributed by atoms with Crippen molar-refractivity contribution in [1.82, 2.24) is 0 Å². The van der Waals surface area contributed by atoms with Crippen LogP contribution < -0.4 is 5.32 Å². The quantitative estimate of drug-likeness (QED) is 0.875. The van der Waals surface area contributed by atoms with Crippen molar-refractivity contribution in [2.75, 3.05) is 18.5 Å². The molecule has 2 atom stereocenters. The second-order valence-electron chi connectivity index (χ2n) is 4.57. The van der Waals surface area contributed by atoms with Gasteiger partial charge < -0.3 is 15.2 Å². The van der Waals surface area contributed by atoms with Gasteiger partial charge in [-0.15, -0.1) is 0 Å². The molecule has 2 rings (SSSR count). The molecule has 6 heteroatoms. The number of nitrogens with one attached hydrogen (secondary N) is 1. The standard InChI is InChI=1S/C13H15BrClNO3/c14-10-6-9(3-4-11(10)15)16-12(13(17)18)8-2-1-5-19-7-8/h3-4,6,8,12,16H,1-2,5,7H2,(H,17,18). The molecule has 104 valence electrons. The lowest BCUT2D eigenvalue weighted by molar-refractivity contribution is -0.140. The van der Waals surface area contributed by atoms with Crippen molar-refractivity contribution in [3.8, 4) is 0 Å². The number of carboxylic acid groups (broad SMARTS) is 1. The van der Waals surface area contributed by atoms with E-state index >= 15 is 0 Å². The molecule has 0 spiro atoms. The fourth-order valence-electron chi connectivity index (χ4n) is 2.18. The third-order valence-corrected chi connectivity index (χ3v) is 4.39. The summed E-state index contributed by atoms with van der Waals surface area (Å²) in [6.45, 7) is 1.20. The van der Waals surface area contributed by atoms with E-state index in [4.69, 9.17) is 16.3 Å². The van der Waals surface area contributed by atoms with Crippen molar-refractivity contribution < 1.29 is 14.6 Å². The van der Waals surface area contributed by atoms with Crippen molar-refractivity contribution in [3.05, 3.63) is 27.7 Å². The maximum atomic E-state index is 11.4. The zero-order chi connectivity index (χ0) is 13.8. The fourth-order valence-corrected chi connectivity index (χ4v) is 2.67. The Kier molecular flexibility index (Phi) is 5.07. The lowest BCUT2D eigenvalue weighted by Crippen LogP contribution is -2.40. The highest BCUT2D eigenvalue weighted by Crippen LogP contribution is 2.27. The van der Waals surface area contributed by atoms with Gasteiger partial charge in [0.25, 0.3) is 0 Å². The molecule has 1 aliphatic heterocycles. The Balaban J connectivity index is 2.11. The molecule has 1 heterocycles. The van der Waals surface area contributed by atoms with Gasteiger partial charge in [-0.1, -0.05) is 11.6 Å². The summed E-state index contributed by atoms with van der Waals surface area (Å²) in [5.74, 6) is -0.873. The number of benzene rings is 1. The maximum Gasteiger partial charge on any atom is 0.326 e. The first kappa shape index (κ1) is 14.6. The number of hydrogen-bond donors (Lipinski definition) is 2. The van der Waals surface area contributed by atoms with Crippen LogP contribution in [0.4, 0.5) is 5.69 Å². The Morgan fingerprint density at radius 2 is 2.37 bits per heavy atom. The minimum atomic E-state index is -0.860. The van der Waals surface area contributed by atoms with Crippen LogP contribution in [0, 0.1) is 5.92 Å². The van der Waals surface area contributed by atoms with Gasteiger partial charge in [-0.05, 0) is 47.0 Å². The van der Waals surface area contributed by atoms with Crippen LogP contribution in [0.2, 0.25) is 5.02 Å². The highest BCUT2D eigenvalue weighted by Gasteiger charge is 2.29. The molecule has 2 N–H and O–H groups in total. The SMILES string of the molecule is O=C(O)C(Nc1ccc(Cl)c(Br)c1)C1CCCOC1. The van der Waals surface area contributed by atoms with Gasteiger partial charge in [0.2, 0.25) is 0 Å². The summed E-state index contributed by atoms with van der Waals surface area (Å²) in [7, 11) is 0. The molecule has 1 saturated heterocycles. The summed E-state index contributed by atoms with van der Waals surface area (Å²) >= 11 is 9.24. The van der Waals surface area contributed by atoms with Crippen molar-refractivity contribution in [2.45, 2.75) is 18.9 Å². The van der Waals surface area contributed by atoms with Crippen LogP contribution in [0.15, 0.2) is 22.7 Å². The molecule has 0 aromatic heterocycles. The maximum absolute atomic E-state index is 11.4. The van der Waals surface area contributed by atoms with Gasteiger partial charge in [-0.3, -0.25) is 0 Å². The molecule has 1 aromatic carbocycles. The fraction of sp³-hybridized carbons (Fsp3) is 0.462. The van der Waals surface area contributed by atoms with Crippen LogP contribution in [-0.2, 0) is 9.53 Å². The zero-order valence-electron chi connectivity index (χ0n) is 10.2. The minimum absolute atomic E-state index is 0.0132. The molecule has 4 nitrogen and oxygen atoms in total. The average Bonchev–Trinajstić information content (AvgIpc) is 2.40. The van der Waals surface area contributed by atoms with Gasteiger partial charge in [-0.2, -0.15) is 0 Å². The average molecular weight is 349 g/mol. The third kappa shape index (κ3) is 3.84. The van der Waals surface area contributed by atoms with Gasteiger partial charge in [0, 0.05) is 22.7 Å². The zero-order valence-corrected chi connectivity index (χ0v) is 12.6. The third-order valence-electron chi connectivity index (χ3n) is 3.17. The largest absolute Gasteiger partial charge is 0.480 e. The number of rotatable bonds is 4. The van der Waals surface area contributed by atoms with Crippen LogP contribution in [0.1, 0.15) is 12.8 Å². The summed E-state index contributed by atoms with van der Waals surface area (Å²) in [5, 5.41) is 13.0. The number of aliphatic carboxylic acids is 1. The summed E-state index contributed by atoms with van der Waals surface area (Å²) in [6, 6.07) is 4.63. The molecule has 0 bridgehead atoms. The van der Waals surface area contributed by atoms with Gasteiger partial charge >= 0.3 is 5.97 Å². The smallest absolute Gasteiger partial charge is 0.326 e. The molecule has 1 aromatic rings. The molecule has 2 unspecified atom stereocenters. The molecular weight excluding hydrogens is 334 g/mol. The van der Waals surface area contributed by atoms with E-state index < -0.39 is 12.0 Å². The van der Waals surface area contributed by atoms with Gasteiger partial charge in [0.05, 0.1) is 11.6 Å². The lowest BCUT2D eigenvalue weighted by atomic mass is 9.93. The van der Waals surface area contributed by atoms with Crippen molar-refractivity contribution in [3.63, 3.8) is 0 Å². The molecule has 0 amide bonds. The first-order valence-electron chi connectivity index (χ1n) is 6.10. The Hall–Kier alpha value is -0.780. The number of halogens is 2. The van der Waals surface area contributed by atoms with Gasteiger partial charge in [-0.25, -0.2) is 4.79 Å². The topological polar surface area (TPSA) is 58.6 Å². The Morgan fingerprint density at radius 1 is 1.58 bits per heavy atom. The van der Waals surface area contributed by atoms with Crippen molar-refractivity contribution in [2.24, 2.45) is 5.92 Å². The molecule has 0 saturated carbocycles. The second-order valence-corrected chi connectivity index (χ2v) is 5.83. The van der Waals surface area contributed by atoms with E-state index in [0.717, 1.165) is 29.6 Å². The van der Waals surface area contributed by atoms with Crippen LogP contribution in [-0.4, -0.2) is 30.3 Å². The molecule has 0 aliphatic carbocycles. The predicted molar refractivity (Wildman–Crippen MR) is 77.7 cm³/mol. The molecular formula is C13H15BrClNO3.